The van der Waals surface area contributed by atoms with Gasteiger partial charge in [0.25, 0.3) is 5.91 Å². The molecule has 6 nitrogen and oxygen atoms in total. The number of allylic oxidation sites excluding steroid dienone is 2. The molecule has 0 radical (unpaired) electrons. The van der Waals surface area contributed by atoms with Crippen molar-refractivity contribution in [2.75, 3.05) is 11.4 Å². The Morgan fingerprint density at radius 3 is 2.46 bits per heavy atom. The summed E-state index contributed by atoms with van der Waals surface area (Å²) < 4.78 is 0. The summed E-state index contributed by atoms with van der Waals surface area (Å²) in [5.41, 5.74) is 2.84. The molecule has 6 heteroatoms. The molecule has 0 aromatic heterocycles. The topological polar surface area (TPSA) is 60.9 Å². The zero-order chi connectivity index (χ0) is 19.8. The molecule has 1 atom stereocenters. The average Bonchev–Trinajstić information content (AvgIpc) is 3.50. The number of imide groups is 1. The maximum atomic E-state index is 13.1. The zero-order valence-corrected chi connectivity index (χ0v) is 16.6. The van der Waals surface area contributed by atoms with Gasteiger partial charge >= 0.3 is 6.03 Å². The first-order valence-electron chi connectivity index (χ1n) is 10.2. The quantitative estimate of drug-likeness (QED) is 0.732. The third-order valence-corrected chi connectivity index (χ3v) is 5.81. The molecule has 1 unspecified atom stereocenters. The summed E-state index contributed by atoms with van der Waals surface area (Å²) in [7, 11) is 0. The molecule has 2 aliphatic carbocycles. The van der Waals surface area contributed by atoms with E-state index in [4.69, 9.17) is 0 Å². The number of hydrogen-bond acceptors (Lipinski definition) is 3. The molecule has 2 fully saturated rings. The van der Waals surface area contributed by atoms with Gasteiger partial charge in [0.15, 0.2) is 0 Å². The lowest BCUT2D eigenvalue weighted by atomic mass is 10.0. The molecular weight excluding hydrogens is 354 g/mol. The van der Waals surface area contributed by atoms with Crippen LogP contribution >= 0.6 is 0 Å². The molecule has 0 N–H and O–H groups in total. The Bertz CT molecular complexity index is 826. The van der Waals surface area contributed by atoms with Crippen molar-refractivity contribution in [2.24, 2.45) is 0 Å². The van der Waals surface area contributed by atoms with Crippen molar-refractivity contribution in [3.63, 3.8) is 0 Å². The molecule has 1 aliphatic heterocycles. The molecule has 28 heavy (non-hydrogen) atoms. The van der Waals surface area contributed by atoms with Crippen molar-refractivity contribution in [3.8, 4) is 0 Å². The van der Waals surface area contributed by atoms with Crippen molar-refractivity contribution in [2.45, 2.75) is 64.5 Å². The highest BCUT2D eigenvalue weighted by atomic mass is 16.2. The fraction of sp³-hybridized carbons (Fsp3) is 0.500. The molecule has 0 spiro atoms. The minimum Gasteiger partial charge on any atom is -0.312 e. The van der Waals surface area contributed by atoms with E-state index in [1.54, 1.807) is 6.92 Å². The number of rotatable bonds is 5. The summed E-state index contributed by atoms with van der Waals surface area (Å²) in [6.45, 7) is 3.51. The van der Waals surface area contributed by atoms with Gasteiger partial charge in [-0.05, 0) is 64.5 Å². The highest BCUT2D eigenvalue weighted by molar-refractivity contribution is 6.15. The van der Waals surface area contributed by atoms with Gasteiger partial charge in [0.2, 0.25) is 5.91 Å². The Hall–Kier alpha value is -2.63. The summed E-state index contributed by atoms with van der Waals surface area (Å²) in [6.07, 6.45) is 8.27. The van der Waals surface area contributed by atoms with Crippen LogP contribution in [0.1, 0.15) is 51.0 Å². The van der Waals surface area contributed by atoms with Gasteiger partial charge in [-0.1, -0.05) is 23.8 Å². The SMILES string of the molecule is Cc1ccc(N2C(=O)N(CC(=O)N(C3=CCCCC3)C3CC3)C(=O)C2C)cc1. The third-order valence-electron chi connectivity index (χ3n) is 5.81. The summed E-state index contributed by atoms with van der Waals surface area (Å²) in [4.78, 5) is 43.3. The van der Waals surface area contributed by atoms with E-state index in [1.807, 2.05) is 36.1 Å². The Balaban J connectivity index is 1.52. The average molecular weight is 381 g/mol. The van der Waals surface area contributed by atoms with E-state index in [-0.39, 0.29) is 24.4 Å². The minimum absolute atomic E-state index is 0.143. The van der Waals surface area contributed by atoms with E-state index in [0.717, 1.165) is 54.7 Å². The second-order valence-electron chi connectivity index (χ2n) is 8.02. The molecule has 1 aromatic rings. The van der Waals surface area contributed by atoms with E-state index >= 15 is 0 Å². The first-order chi connectivity index (χ1) is 13.5. The van der Waals surface area contributed by atoms with E-state index in [0.29, 0.717) is 5.69 Å². The second kappa shape index (κ2) is 7.41. The summed E-state index contributed by atoms with van der Waals surface area (Å²) >= 11 is 0. The fourth-order valence-corrected chi connectivity index (χ4v) is 4.09. The molecule has 1 heterocycles. The Morgan fingerprint density at radius 2 is 1.86 bits per heavy atom. The van der Waals surface area contributed by atoms with E-state index in [1.165, 1.54) is 4.90 Å². The molecular formula is C22H27N3O3. The molecule has 1 saturated heterocycles. The predicted molar refractivity (Wildman–Crippen MR) is 107 cm³/mol. The minimum atomic E-state index is -0.605. The zero-order valence-electron chi connectivity index (χ0n) is 16.6. The lowest BCUT2D eigenvalue weighted by Crippen LogP contribution is -2.44. The molecule has 1 aromatic carbocycles. The van der Waals surface area contributed by atoms with Crippen LogP contribution in [0.15, 0.2) is 36.0 Å². The molecule has 3 aliphatic rings. The Morgan fingerprint density at radius 1 is 1.14 bits per heavy atom. The number of carbonyl (C=O) groups excluding carboxylic acids is 3. The second-order valence-corrected chi connectivity index (χ2v) is 8.02. The predicted octanol–water partition coefficient (Wildman–Crippen LogP) is 3.60. The Kier molecular flexibility index (Phi) is 4.96. The van der Waals surface area contributed by atoms with Crippen molar-refractivity contribution in [1.82, 2.24) is 9.80 Å². The smallest absolute Gasteiger partial charge is 0.312 e. The summed E-state index contributed by atoms with van der Waals surface area (Å²) in [5, 5.41) is 0. The molecule has 4 amide bonds. The van der Waals surface area contributed by atoms with Crippen molar-refractivity contribution >= 4 is 23.5 Å². The lowest BCUT2D eigenvalue weighted by Gasteiger charge is -2.29. The maximum absolute atomic E-state index is 13.1. The third kappa shape index (κ3) is 3.43. The van der Waals surface area contributed by atoms with E-state index < -0.39 is 12.1 Å². The van der Waals surface area contributed by atoms with Crippen molar-refractivity contribution in [3.05, 3.63) is 41.6 Å². The number of carbonyl (C=O) groups is 3. The molecule has 1 saturated carbocycles. The van der Waals surface area contributed by atoms with Gasteiger partial charge < -0.3 is 4.90 Å². The van der Waals surface area contributed by atoms with Gasteiger partial charge in [-0.3, -0.25) is 19.4 Å². The Labute approximate surface area is 165 Å². The normalized spacial score (nSPS) is 22.5. The number of anilines is 1. The number of benzene rings is 1. The van der Waals surface area contributed by atoms with Crippen LogP contribution < -0.4 is 4.90 Å². The standard InChI is InChI=1S/C22H27N3O3/c1-15-8-10-18(11-9-15)24-16(2)21(27)23(22(24)28)14-20(26)25(19-12-13-19)17-6-4-3-5-7-17/h6,8-11,16,19H,3-5,7,12-14H2,1-2H3. The first kappa shape index (κ1) is 18.7. The van der Waals surface area contributed by atoms with Crippen LogP contribution in [0.3, 0.4) is 0 Å². The number of amides is 4. The summed E-state index contributed by atoms with van der Waals surface area (Å²) in [5.74, 6) is -0.456. The molecule has 148 valence electrons. The van der Waals surface area contributed by atoms with Crippen LogP contribution in [-0.4, -0.2) is 46.3 Å². The number of aryl methyl sites for hydroxylation is 1. The summed E-state index contributed by atoms with van der Waals surface area (Å²) in [6, 6.07) is 6.72. The van der Waals surface area contributed by atoms with Crippen LogP contribution in [0, 0.1) is 6.92 Å². The fourth-order valence-electron chi connectivity index (χ4n) is 4.09. The van der Waals surface area contributed by atoms with Gasteiger partial charge in [-0.25, -0.2) is 4.79 Å². The highest BCUT2D eigenvalue weighted by Crippen LogP contribution is 2.34. The van der Waals surface area contributed by atoms with Crippen LogP contribution in [0.2, 0.25) is 0 Å². The van der Waals surface area contributed by atoms with Crippen molar-refractivity contribution in [1.29, 1.82) is 0 Å². The van der Waals surface area contributed by atoms with Gasteiger partial charge in [0, 0.05) is 17.4 Å². The monoisotopic (exact) mass is 381 g/mol. The van der Waals surface area contributed by atoms with Crippen LogP contribution in [0.25, 0.3) is 0 Å². The van der Waals surface area contributed by atoms with Crippen LogP contribution in [-0.2, 0) is 9.59 Å². The van der Waals surface area contributed by atoms with Crippen molar-refractivity contribution < 1.29 is 14.4 Å². The van der Waals surface area contributed by atoms with Gasteiger partial charge in [-0.15, -0.1) is 0 Å². The number of hydrogen-bond donors (Lipinski definition) is 0. The number of nitrogens with zero attached hydrogens (tertiary/aromatic N) is 3. The lowest BCUT2D eigenvalue weighted by molar-refractivity contribution is -0.136. The highest BCUT2D eigenvalue weighted by Gasteiger charge is 2.45. The molecule has 0 bridgehead atoms. The van der Waals surface area contributed by atoms with Crippen LogP contribution in [0.5, 0.6) is 0 Å². The van der Waals surface area contributed by atoms with E-state index in [2.05, 4.69) is 6.08 Å². The number of urea groups is 1. The molecule has 4 rings (SSSR count). The van der Waals surface area contributed by atoms with Crippen LogP contribution in [0.4, 0.5) is 10.5 Å². The van der Waals surface area contributed by atoms with E-state index in [9.17, 15) is 14.4 Å². The largest absolute Gasteiger partial charge is 0.332 e. The van der Waals surface area contributed by atoms with Gasteiger partial charge in [-0.2, -0.15) is 0 Å². The van der Waals surface area contributed by atoms with Gasteiger partial charge in [0.05, 0.1) is 0 Å². The van der Waals surface area contributed by atoms with Gasteiger partial charge in [0.1, 0.15) is 12.6 Å². The maximum Gasteiger partial charge on any atom is 0.332 e. The first-order valence-corrected chi connectivity index (χ1v) is 10.2.